The van der Waals surface area contributed by atoms with Crippen LogP contribution in [0.3, 0.4) is 0 Å². The zero-order valence-corrected chi connectivity index (χ0v) is 29.4. The summed E-state index contributed by atoms with van der Waals surface area (Å²) in [6.45, 7) is 10.5. The smallest absolute Gasteiger partial charge is 0.0847 e. The van der Waals surface area contributed by atoms with Gasteiger partial charge in [0.05, 0.1) is 5.58 Å². The van der Waals surface area contributed by atoms with Crippen molar-refractivity contribution >= 4 is 32.6 Å². The Kier molecular flexibility index (Phi) is 9.13. The Labute approximate surface area is 288 Å². The summed E-state index contributed by atoms with van der Waals surface area (Å²) in [5.74, 6) is 0. The summed E-state index contributed by atoms with van der Waals surface area (Å²) in [7, 11) is 0. The molecular formula is C42H33IrN3O-2. The molecule has 233 valence electrons. The molecule has 0 saturated carbocycles. The number of pyridine rings is 3. The van der Waals surface area contributed by atoms with Crippen molar-refractivity contribution in [2.75, 3.05) is 0 Å². The van der Waals surface area contributed by atoms with Crippen molar-refractivity contribution in [1.82, 2.24) is 15.0 Å². The van der Waals surface area contributed by atoms with E-state index in [4.69, 9.17) is 9.40 Å². The Morgan fingerprint density at radius 2 is 1.49 bits per heavy atom. The van der Waals surface area contributed by atoms with E-state index in [1.54, 1.807) is 6.26 Å². The van der Waals surface area contributed by atoms with Gasteiger partial charge in [0.25, 0.3) is 0 Å². The number of aromatic nitrogens is 3. The van der Waals surface area contributed by atoms with Gasteiger partial charge in [-0.15, -0.1) is 41.0 Å². The van der Waals surface area contributed by atoms with Gasteiger partial charge in [0.2, 0.25) is 0 Å². The number of nitrogens with zero attached hydrogens (tertiary/aromatic N) is 3. The minimum atomic E-state index is 0. The Balaban J connectivity index is 0.000000194. The predicted molar refractivity (Wildman–Crippen MR) is 189 cm³/mol. The molecular weight excluding hydrogens is 755 g/mol. The van der Waals surface area contributed by atoms with E-state index < -0.39 is 0 Å². The molecule has 0 aliphatic carbocycles. The van der Waals surface area contributed by atoms with Crippen molar-refractivity contribution in [3.05, 3.63) is 150 Å². The fourth-order valence-electron chi connectivity index (χ4n) is 5.71. The number of rotatable bonds is 3. The van der Waals surface area contributed by atoms with Crippen molar-refractivity contribution in [1.29, 1.82) is 0 Å². The Morgan fingerprint density at radius 1 is 0.681 bits per heavy atom. The molecule has 0 amide bonds. The van der Waals surface area contributed by atoms with Gasteiger partial charge in [0, 0.05) is 56.2 Å². The number of furan rings is 1. The van der Waals surface area contributed by atoms with E-state index in [1.807, 2.05) is 43.7 Å². The molecule has 0 saturated heterocycles. The van der Waals surface area contributed by atoms with E-state index in [0.717, 1.165) is 61.1 Å². The van der Waals surface area contributed by atoms with Crippen LogP contribution >= 0.6 is 0 Å². The van der Waals surface area contributed by atoms with E-state index in [2.05, 4.69) is 117 Å². The van der Waals surface area contributed by atoms with E-state index in [-0.39, 0.29) is 20.1 Å². The molecule has 0 N–H and O–H groups in total. The zero-order valence-electron chi connectivity index (χ0n) is 27.0. The van der Waals surface area contributed by atoms with Crippen molar-refractivity contribution in [2.45, 2.75) is 34.6 Å². The molecule has 0 unspecified atom stereocenters. The topological polar surface area (TPSA) is 51.8 Å². The van der Waals surface area contributed by atoms with E-state index in [1.165, 1.54) is 33.0 Å². The van der Waals surface area contributed by atoms with Crippen molar-refractivity contribution < 1.29 is 24.5 Å². The first-order chi connectivity index (χ1) is 22.4. The molecule has 1 radical (unpaired) electrons. The van der Waals surface area contributed by atoms with Crippen LogP contribution in [0.15, 0.2) is 114 Å². The van der Waals surface area contributed by atoms with Crippen LogP contribution in [-0.2, 0) is 20.1 Å². The van der Waals surface area contributed by atoms with Crippen molar-refractivity contribution in [3.63, 3.8) is 0 Å². The van der Waals surface area contributed by atoms with Crippen LogP contribution in [0.1, 0.15) is 27.8 Å². The molecule has 5 heteroatoms. The van der Waals surface area contributed by atoms with E-state index >= 15 is 0 Å². The molecule has 4 heterocycles. The second-order valence-corrected chi connectivity index (χ2v) is 11.9. The Bertz CT molecular complexity index is 2340. The predicted octanol–water partition coefficient (Wildman–Crippen LogP) is 10.8. The molecule has 8 aromatic rings. The maximum absolute atomic E-state index is 5.71. The van der Waals surface area contributed by atoms with Gasteiger partial charge in [-0.3, -0.25) is 9.97 Å². The van der Waals surface area contributed by atoms with Gasteiger partial charge < -0.3 is 9.40 Å². The summed E-state index contributed by atoms with van der Waals surface area (Å²) in [6, 6.07) is 36.2. The van der Waals surface area contributed by atoms with Crippen molar-refractivity contribution in [3.8, 4) is 33.6 Å². The molecule has 0 spiro atoms. The number of aryl methyl sites for hydroxylation is 5. The first kappa shape index (κ1) is 32.0. The largest absolute Gasteiger partial charge is 0.506 e. The normalized spacial score (nSPS) is 10.9. The molecule has 4 nitrogen and oxygen atoms in total. The number of benzene rings is 4. The second-order valence-electron chi connectivity index (χ2n) is 11.9. The molecule has 0 aliphatic rings. The monoisotopic (exact) mass is 788 g/mol. The summed E-state index contributed by atoms with van der Waals surface area (Å²) >= 11 is 0. The molecule has 4 aromatic carbocycles. The zero-order chi connectivity index (χ0) is 31.8. The maximum atomic E-state index is 5.71. The van der Waals surface area contributed by atoms with Gasteiger partial charge in [-0.2, -0.15) is 0 Å². The molecule has 8 rings (SSSR count). The third-order valence-corrected chi connectivity index (χ3v) is 8.61. The summed E-state index contributed by atoms with van der Waals surface area (Å²) in [5, 5.41) is 4.34. The fourth-order valence-corrected chi connectivity index (χ4v) is 5.71. The molecule has 0 fully saturated rings. The molecule has 0 bridgehead atoms. The quantitative estimate of drug-likeness (QED) is 0.167. The van der Waals surface area contributed by atoms with Crippen LogP contribution < -0.4 is 0 Å². The average molecular weight is 788 g/mol. The minimum Gasteiger partial charge on any atom is -0.506 e. The van der Waals surface area contributed by atoms with Crippen LogP contribution in [0, 0.1) is 46.8 Å². The second kappa shape index (κ2) is 13.4. The van der Waals surface area contributed by atoms with Gasteiger partial charge in [0.15, 0.2) is 0 Å². The number of fused-ring (bicyclic) bond motifs is 4. The van der Waals surface area contributed by atoms with Crippen LogP contribution in [-0.4, -0.2) is 15.0 Å². The van der Waals surface area contributed by atoms with Gasteiger partial charge >= 0.3 is 0 Å². The van der Waals surface area contributed by atoms with Crippen LogP contribution in [0.2, 0.25) is 0 Å². The Morgan fingerprint density at radius 3 is 2.30 bits per heavy atom. The summed E-state index contributed by atoms with van der Waals surface area (Å²) < 4.78 is 5.71. The third-order valence-electron chi connectivity index (χ3n) is 8.61. The minimum absolute atomic E-state index is 0. The molecule has 0 aliphatic heterocycles. The maximum Gasteiger partial charge on any atom is 0.0847 e. The Hall–Kier alpha value is -4.96. The average Bonchev–Trinajstić information content (AvgIpc) is 3.56. The van der Waals surface area contributed by atoms with Crippen LogP contribution in [0.4, 0.5) is 0 Å². The first-order valence-electron chi connectivity index (χ1n) is 15.4. The SMILES string of the molecule is Cc1c[c-]c(-c2cc(C)c(C)cn2)cc1C.Cc1cnc2c(c1)c(-c1ncccc1-c1ccc3ccccc3c1)[c-]c1ccoc12.[Ir]. The van der Waals surface area contributed by atoms with Crippen molar-refractivity contribution in [2.24, 2.45) is 0 Å². The van der Waals surface area contributed by atoms with Crippen LogP contribution in [0.25, 0.3) is 66.3 Å². The molecule has 4 aromatic heterocycles. The standard InChI is InChI=1S/C27H17N2O.C15H16N.Ir/c1-17-13-23-24(15-21-10-12-30-27(21)26(23)29-16-17)25-22(7-4-11-28-25)20-9-8-18-5-2-3-6-19(18)14-20;1-10-5-6-14(7-11(10)2)15-8-12(3)13(4)9-16-15;/h2-14,16H,1H3;5,7-9H,1-4H3;/q2*-1;. The summed E-state index contributed by atoms with van der Waals surface area (Å²) in [6.07, 6.45) is 7.32. The third kappa shape index (κ3) is 6.38. The van der Waals surface area contributed by atoms with E-state index in [0.29, 0.717) is 0 Å². The fraction of sp³-hybridized carbons (Fsp3) is 0.119. The van der Waals surface area contributed by atoms with Gasteiger partial charge in [-0.05, 0) is 71.6 Å². The number of hydrogen-bond acceptors (Lipinski definition) is 4. The summed E-state index contributed by atoms with van der Waals surface area (Å²) in [4.78, 5) is 13.9. The van der Waals surface area contributed by atoms with Gasteiger partial charge in [0.1, 0.15) is 0 Å². The van der Waals surface area contributed by atoms with Crippen LogP contribution in [0.5, 0.6) is 0 Å². The van der Waals surface area contributed by atoms with Gasteiger partial charge in [-0.1, -0.05) is 96.4 Å². The first-order valence-corrected chi connectivity index (χ1v) is 15.4. The van der Waals surface area contributed by atoms with E-state index in [9.17, 15) is 0 Å². The number of hydrogen-bond donors (Lipinski definition) is 0. The summed E-state index contributed by atoms with van der Waals surface area (Å²) in [5.41, 5.74) is 13.9. The molecule has 47 heavy (non-hydrogen) atoms. The van der Waals surface area contributed by atoms with Gasteiger partial charge in [-0.25, -0.2) is 0 Å². The molecule has 0 atom stereocenters.